The zero-order valence-electron chi connectivity index (χ0n) is 50.5. The second-order valence-corrected chi connectivity index (χ2v) is 24.9. The average Bonchev–Trinajstić information content (AvgIpc) is 3.37. The number of phosphoric ester groups is 1. The highest BCUT2D eigenvalue weighted by Gasteiger charge is 2.22. The van der Waals surface area contributed by atoms with Crippen LogP contribution in [0.5, 0.6) is 0 Å². The van der Waals surface area contributed by atoms with Gasteiger partial charge in [0, 0.05) is 12.8 Å². The highest BCUT2D eigenvalue weighted by Crippen LogP contribution is 2.38. The number of carbonyl (C=O) groups is 2. The second kappa shape index (κ2) is 57.2. The van der Waals surface area contributed by atoms with Crippen LogP contribution < -0.4 is 4.89 Å². The molecule has 0 aliphatic carbocycles. The van der Waals surface area contributed by atoms with Crippen molar-refractivity contribution in [3.8, 4) is 0 Å². The van der Waals surface area contributed by atoms with Crippen molar-refractivity contribution in [2.75, 3.05) is 47.5 Å². The summed E-state index contributed by atoms with van der Waals surface area (Å²) in [6.45, 7) is 4.29. The van der Waals surface area contributed by atoms with Gasteiger partial charge in [-0.25, -0.2) is 0 Å². The van der Waals surface area contributed by atoms with Crippen LogP contribution in [0.25, 0.3) is 0 Å². The maximum absolute atomic E-state index is 12.8. The summed E-state index contributed by atoms with van der Waals surface area (Å²) in [6.07, 6.45) is 69.6. The highest BCUT2D eigenvalue weighted by atomic mass is 31.2. The van der Waals surface area contributed by atoms with E-state index in [4.69, 9.17) is 18.5 Å². The molecule has 0 aromatic rings. The van der Waals surface area contributed by atoms with Gasteiger partial charge in [-0.15, -0.1) is 0 Å². The molecule has 2 atom stereocenters. The summed E-state index contributed by atoms with van der Waals surface area (Å²) in [4.78, 5) is 38.0. The van der Waals surface area contributed by atoms with Crippen LogP contribution in [0.4, 0.5) is 0 Å². The monoisotopic (exact) mass is 1080 g/mol. The van der Waals surface area contributed by atoms with Crippen molar-refractivity contribution >= 4 is 19.8 Å². The number of carbonyl (C=O) groups excluding carboxylic acids is 2. The molecule has 10 heteroatoms. The molecule has 0 aromatic carbocycles. The minimum absolute atomic E-state index is 0.0291. The number of phosphoric acid groups is 1. The summed E-state index contributed by atoms with van der Waals surface area (Å²) < 4.78 is 34.2. The lowest BCUT2D eigenvalue weighted by Gasteiger charge is -2.28. The van der Waals surface area contributed by atoms with E-state index in [-0.39, 0.29) is 32.0 Å². The van der Waals surface area contributed by atoms with Crippen LogP contribution >= 0.6 is 7.82 Å². The van der Waals surface area contributed by atoms with Gasteiger partial charge in [0.2, 0.25) is 0 Å². The highest BCUT2D eigenvalue weighted by molar-refractivity contribution is 7.45. The summed E-state index contributed by atoms with van der Waals surface area (Å²) in [7, 11) is 1.18. The largest absolute Gasteiger partial charge is 0.756 e. The third-order valence-corrected chi connectivity index (χ3v) is 15.7. The molecule has 0 spiro atoms. The summed E-state index contributed by atoms with van der Waals surface area (Å²) in [6, 6.07) is 0. The Labute approximate surface area is 466 Å². The molecule has 2 unspecified atom stereocenters. The first kappa shape index (κ1) is 73.5. The van der Waals surface area contributed by atoms with Crippen LogP contribution in [-0.4, -0.2) is 70.0 Å². The van der Waals surface area contributed by atoms with Crippen molar-refractivity contribution < 1.29 is 42.1 Å². The number of hydrogen-bond donors (Lipinski definition) is 0. The Balaban J connectivity index is 4.02. The molecule has 0 aromatic heterocycles. The molecule has 0 fully saturated rings. The van der Waals surface area contributed by atoms with E-state index in [2.05, 4.69) is 38.2 Å². The number of nitrogens with zero attached hydrogens (tertiary/aromatic N) is 1. The van der Waals surface area contributed by atoms with Gasteiger partial charge in [0.15, 0.2) is 6.10 Å². The van der Waals surface area contributed by atoms with Crippen molar-refractivity contribution in [2.45, 2.75) is 335 Å². The van der Waals surface area contributed by atoms with Gasteiger partial charge in [-0.05, 0) is 44.9 Å². The van der Waals surface area contributed by atoms with Gasteiger partial charge in [0.05, 0.1) is 27.7 Å². The normalized spacial score (nSPS) is 13.3. The molecular weight excluding hydrogens is 954 g/mol. The zero-order chi connectivity index (χ0) is 54.9. The fourth-order valence-corrected chi connectivity index (χ4v) is 10.4. The minimum Gasteiger partial charge on any atom is -0.756 e. The summed E-state index contributed by atoms with van der Waals surface area (Å²) in [5, 5.41) is 0. The van der Waals surface area contributed by atoms with Crippen molar-refractivity contribution in [3.05, 3.63) is 24.3 Å². The number of rotatable bonds is 61. The maximum atomic E-state index is 12.8. The number of hydrogen-bond acceptors (Lipinski definition) is 8. The number of esters is 2. The molecule has 0 bridgehead atoms. The molecule has 0 radical (unpaired) electrons. The maximum Gasteiger partial charge on any atom is 0.306 e. The number of allylic oxidation sites excluding steroid dienone is 4. The van der Waals surface area contributed by atoms with Crippen LogP contribution in [0.2, 0.25) is 0 Å². The Bertz CT molecular complexity index is 1320. The van der Waals surface area contributed by atoms with Crippen LogP contribution in [0.15, 0.2) is 24.3 Å². The first-order chi connectivity index (χ1) is 36.5. The van der Waals surface area contributed by atoms with Crippen molar-refractivity contribution in [2.24, 2.45) is 0 Å². The molecule has 444 valence electrons. The Kier molecular flexibility index (Phi) is 56.0. The third kappa shape index (κ3) is 61.6. The molecule has 9 nitrogen and oxygen atoms in total. The van der Waals surface area contributed by atoms with E-state index in [9.17, 15) is 19.0 Å². The molecule has 0 aliphatic heterocycles. The molecule has 0 saturated heterocycles. The van der Waals surface area contributed by atoms with E-state index in [1.165, 1.54) is 244 Å². The third-order valence-electron chi connectivity index (χ3n) is 14.7. The van der Waals surface area contributed by atoms with Gasteiger partial charge < -0.3 is 27.9 Å². The molecular formula is C65H126NO8P. The Morgan fingerprint density at radius 2 is 0.720 bits per heavy atom. The summed E-state index contributed by atoms with van der Waals surface area (Å²) >= 11 is 0. The molecule has 0 N–H and O–H groups in total. The van der Waals surface area contributed by atoms with E-state index in [1.807, 2.05) is 21.1 Å². The SMILES string of the molecule is CCCCCCC/C=C\C/C=C\CCCCCCCCCCCC(=O)OC(COC(=O)CCCCCCCCCCCCCCCCCCCCCCCCCCCCCCCC)COP(=O)([O-])OCC[N+](C)(C)C. The molecule has 0 rings (SSSR count). The smallest absolute Gasteiger partial charge is 0.306 e. The predicted octanol–water partition coefficient (Wildman–Crippen LogP) is 19.9. The molecule has 75 heavy (non-hydrogen) atoms. The number of likely N-dealkylation sites (N-methyl/N-ethyl adjacent to an activating group) is 1. The van der Waals surface area contributed by atoms with Crippen molar-refractivity contribution in [1.29, 1.82) is 0 Å². The quantitative estimate of drug-likeness (QED) is 0.0195. The van der Waals surface area contributed by atoms with Crippen LogP contribution in [0.1, 0.15) is 328 Å². The lowest BCUT2D eigenvalue weighted by atomic mass is 10.0. The molecule has 0 saturated carbocycles. The number of ether oxygens (including phenoxy) is 2. The number of quaternary nitrogens is 1. The van der Waals surface area contributed by atoms with Gasteiger partial charge >= 0.3 is 11.9 Å². The predicted molar refractivity (Wildman–Crippen MR) is 319 cm³/mol. The Hall–Kier alpha value is -1.51. The first-order valence-electron chi connectivity index (χ1n) is 32.5. The molecule has 0 aliphatic rings. The van der Waals surface area contributed by atoms with Gasteiger partial charge in [-0.3, -0.25) is 14.2 Å². The van der Waals surface area contributed by atoms with E-state index >= 15 is 0 Å². The van der Waals surface area contributed by atoms with E-state index in [0.717, 1.165) is 51.4 Å². The number of unbranched alkanes of at least 4 members (excludes halogenated alkanes) is 43. The van der Waals surface area contributed by atoms with Gasteiger partial charge in [0.1, 0.15) is 19.8 Å². The minimum atomic E-state index is -4.64. The fraction of sp³-hybridized carbons (Fsp3) is 0.908. The standard InChI is InChI=1S/C65H126NO8P/c1-6-8-10-12-14-16-18-20-22-24-26-28-29-30-31-32-33-34-35-36-38-39-41-43-45-47-49-51-53-55-57-64(67)71-61-63(62-73-75(69,70)72-60-59-66(3,4)5)74-65(68)58-56-54-52-50-48-46-44-42-40-37-27-25-23-21-19-17-15-13-11-9-7-2/h19,21,25,27,63H,6-18,20,22-24,26,28-62H2,1-5H3/b21-19-,27-25-. The Morgan fingerprint density at radius 1 is 0.413 bits per heavy atom. The lowest BCUT2D eigenvalue weighted by molar-refractivity contribution is -0.870. The van der Waals surface area contributed by atoms with Gasteiger partial charge in [-0.1, -0.05) is 295 Å². The van der Waals surface area contributed by atoms with Gasteiger partial charge in [0.25, 0.3) is 7.82 Å². The van der Waals surface area contributed by atoms with Crippen molar-refractivity contribution in [3.63, 3.8) is 0 Å². The van der Waals surface area contributed by atoms with Crippen LogP contribution in [0.3, 0.4) is 0 Å². The molecule has 0 amide bonds. The summed E-state index contributed by atoms with van der Waals surface area (Å²) in [5.41, 5.74) is 0. The Morgan fingerprint density at radius 3 is 1.05 bits per heavy atom. The zero-order valence-corrected chi connectivity index (χ0v) is 51.4. The molecule has 0 heterocycles. The first-order valence-corrected chi connectivity index (χ1v) is 34.0. The van der Waals surface area contributed by atoms with Crippen LogP contribution in [0, 0.1) is 0 Å². The van der Waals surface area contributed by atoms with Crippen molar-refractivity contribution in [1.82, 2.24) is 0 Å². The lowest BCUT2D eigenvalue weighted by Crippen LogP contribution is -2.37. The summed E-state index contributed by atoms with van der Waals surface area (Å²) in [5.74, 6) is -0.820. The van der Waals surface area contributed by atoms with E-state index in [1.54, 1.807) is 0 Å². The fourth-order valence-electron chi connectivity index (χ4n) is 9.69. The van der Waals surface area contributed by atoms with Gasteiger partial charge in [-0.2, -0.15) is 0 Å². The average molecular weight is 1080 g/mol. The van der Waals surface area contributed by atoms with E-state index in [0.29, 0.717) is 17.4 Å². The van der Waals surface area contributed by atoms with E-state index < -0.39 is 26.5 Å². The topological polar surface area (TPSA) is 111 Å². The second-order valence-electron chi connectivity index (χ2n) is 23.5. The van der Waals surface area contributed by atoms with Crippen LogP contribution in [-0.2, 0) is 32.7 Å².